The van der Waals surface area contributed by atoms with Crippen molar-refractivity contribution in [3.8, 4) is 0 Å². The van der Waals surface area contributed by atoms with Crippen molar-refractivity contribution in [2.45, 2.75) is 0 Å². The average Bonchev–Trinajstić information content (AvgIpc) is 2.05. The Morgan fingerprint density at radius 2 is 0.667 bits per heavy atom. The summed E-state index contributed by atoms with van der Waals surface area (Å²) in [6.45, 7) is 15.9. The van der Waals surface area contributed by atoms with Gasteiger partial charge in [0.1, 0.15) is 0 Å². The van der Waals surface area contributed by atoms with E-state index in [0.717, 1.165) is 0 Å². The van der Waals surface area contributed by atoms with E-state index in [9.17, 15) is 0 Å². The molecule has 0 aromatic carbocycles. The van der Waals surface area contributed by atoms with Gasteiger partial charge in [-0.05, 0) is 0 Å². The van der Waals surface area contributed by atoms with E-state index in [4.69, 9.17) is 0 Å². The maximum Gasteiger partial charge on any atom is 0.0472 e. The van der Waals surface area contributed by atoms with Gasteiger partial charge in [0, 0.05) is 31.3 Å². The summed E-state index contributed by atoms with van der Waals surface area (Å²) in [6, 6.07) is 0. The first-order valence-electron chi connectivity index (χ1n) is 4.30. The van der Waals surface area contributed by atoms with E-state index in [1.807, 2.05) is 0 Å². The van der Waals surface area contributed by atoms with Crippen LogP contribution in [0.4, 0.5) is 0 Å². The zero-order valence-corrected chi connectivity index (χ0v) is 12.1. The third-order valence-corrected chi connectivity index (χ3v) is 73.8. The van der Waals surface area contributed by atoms with Crippen LogP contribution in [0, 0.1) is 0 Å². The number of hydrogen-bond acceptors (Lipinski definition) is 0. The molecule has 4 heteroatoms. The molecule has 1 fully saturated rings. The van der Waals surface area contributed by atoms with Crippen molar-refractivity contribution < 1.29 is 0 Å². The van der Waals surface area contributed by atoms with Crippen LogP contribution in [-0.2, 0) is 0 Å². The first-order valence-corrected chi connectivity index (χ1v) is 17.6. The largest absolute Gasteiger partial charge is 0.110 e. The summed E-state index contributed by atoms with van der Waals surface area (Å²) in [6.07, 6.45) is 0. The van der Waals surface area contributed by atoms with Crippen LogP contribution in [-0.4, -0.2) is 31.3 Å². The molecular weight excluding hydrogens is 208 g/mol. The Kier molecular flexibility index (Phi) is 3.45. The van der Waals surface area contributed by atoms with Crippen LogP contribution >= 0.6 is 0 Å². The number of hydrogen-bond donors (Lipinski definition) is 0. The van der Waals surface area contributed by atoms with Gasteiger partial charge in [-0.1, -0.05) is 0 Å². The molecule has 1 aliphatic heterocycles. The lowest BCUT2D eigenvalue weighted by Crippen LogP contribution is -2.75. The molecule has 0 atom stereocenters. The second-order valence-electron chi connectivity index (χ2n) is 3.25. The minimum atomic E-state index is -0.489. The third kappa shape index (κ3) is 1.35. The van der Waals surface area contributed by atoms with Gasteiger partial charge in [-0.2, -0.15) is 0 Å². The van der Waals surface area contributed by atoms with Crippen LogP contribution in [0.25, 0.3) is 0 Å². The summed E-state index contributed by atoms with van der Waals surface area (Å²) in [5.74, 6) is 0. The summed E-state index contributed by atoms with van der Waals surface area (Å²) in [4.78, 5) is 0. The Balaban J connectivity index is 2.77. The molecule has 0 amide bonds. The second kappa shape index (κ2) is 4.17. The van der Waals surface area contributed by atoms with Gasteiger partial charge in [0.25, 0.3) is 0 Å². The van der Waals surface area contributed by atoms with E-state index in [0.29, 0.717) is 0 Å². The lowest BCUT2D eigenvalue weighted by molar-refractivity contribution is 2.36. The fraction of sp³-hybridized carbons (Fsp3) is 0. The van der Waals surface area contributed by atoms with Crippen molar-refractivity contribution in [3.63, 3.8) is 0 Å². The topological polar surface area (TPSA) is 0 Å². The molecule has 1 heterocycles. The highest BCUT2D eigenvalue weighted by atomic mass is 30.1. The van der Waals surface area contributed by atoms with Crippen molar-refractivity contribution >= 4 is 31.3 Å². The summed E-state index contributed by atoms with van der Waals surface area (Å²) in [5, 5.41) is 0. The predicted molar refractivity (Wildman–Crippen MR) is 69.4 cm³/mol. The highest BCUT2D eigenvalue weighted by molar-refractivity contribution is 7.99. The Labute approximate surface area is 80.6 Å². The summed E-state index contributed by atoms with van der Waals surface area (Å²) in [5.41, 5.74) is 9.18. The van der Waals surface area contributed by atoms with E-state index in [1.165, 1.54) is 0 Å². The molecule has 0 aromatic rings. The molecule has 1 saturated heterocycles. The summed E-state index contributed by atoms with van der Waals surface area (Å²) < 4.78 is 0. The van der Waals surface area contributed by atoms with Crippen LogP contribution in [0.1, 0.15) is 0 Å². The van der Waals surface area contributed by atoms with Gasteiger partial charge in [0.05, 0.1) is 0 Å². The van der Waals surface area contributed by atoms with Crippen LogP contribution in [0.3, 0.4) is 0 Å². The van der Waals surface area contributed by atoms with Gasteiger partial charge in [-0.3, -0.25) is 0 Å². The summed E-state index contributed by atoms with van der Waals surface area (Å²) >= 11 is 0. The highest BCUT2D eigenvalue weighted by Gasteiger charge is 2.47. The van der Waals surface area contributed by atoms with E-state index in [1.54, 1.807) is 0 Å². The quantitative estimate of drug-likeness (QED) is 0.596. The standard InChI is InChI=1S/C8H16Si4/c1-5-9-10(6-2)12(8-4)11(9)7-3/h5-12H,1-4H2. The molecule has 0 bridgehead atoms. The molecule has 1 aliphatic rings. The zero-order valence-electron chi connectivity index (χ0n) is 7.45. The first-order chi connectivity index (χ1) is 5.79. The minimum Gasteiger partial charge on any atom is -0.110 e. The molecule has 0 unspecified atom stereocenters. The van der Waals surface area contributed by atoms with Gasteiger partial charge in [-0.15, -0.1) is 49.1 Å². The highest BCUT2D eigenvalue weighted by Crippen LogP contribution is 2.19. The van der Waals surface area contributed by atoms with Crippen molar-refractivity contribution in [2.24, 2.45) is 0 Å². The van der Waals surface area contributed by atoms with Gasteiger partial charge < -0.3 is 0 Å². The fourth-order valence-corrected chi connectivity index (χ4v) is 80.1. The Morgan fingerprint density at radius 3 is 0.750 bits per heavy atom. The maximum absolute atomic E-state index is 3.97. The zero-order chi connectivity index (χ0) is 9.14. The molecule has 0 N–H and O–H groups in total. The first kappa shape index (κ1) is 9.91. The van der Waals surface area contributed by atoms with Gasteiger partial charge in [0.15, 0.2) is 0 Å². The smallest absolute Gasteiger partial charge is 0.0472 e. The Bertz CT molecular complexity index is 167. The van der Waals surface area contributed by atoms with Gasteiger partial charge in [-0.25, -0.2) is 0 Å². The van der Waals surface area contributed by atoms with Crippen LogP contribution in [0.5, 0.6) is 0 Å². The molecule has 0 saturated carbocycles. The third-order valence-electron chi connectivity index (χ3n) is 2.87. The van der Waals surface area contributed by atoms with Crippen molar-refractivity contribution in [2.75, 3.05) is 0 Å². The molecule has 12 heavy (non-hydrogen) atoms. The Hall–Kier alpha value is -0.172. The predicted octanol–water partition coefficient (Wildman–Crippen LogP) is 0.123. The van der Waals surface area contributed by atoms with Crippen molar-refractivity contribution in [1.29, 1.82) is 0 Å². The molecule has 64 valence electrons. The maximum atomic E-state index is 3.97. The van der Waals surface area contributed by atoms with Gasteiger partial charge >= 0.3 is 0 Å². The second-order valence-corrected chi connectivity index (χ2v) is 37.5. The fourth-order valence-electron chi connectivity index (χ4n) is 2.14. The SMILES string of the molecule is C=C[SiH]1[SiH](C=C)[SiH](C=C)[SiH]1C=C. The van der Waals surface area contributed by atoms with E-state index in [-0.39, 0.29) is 0 Å². The van der Waals surface area contributed by atoms with Crippen LogP contribution in [0.2, 0.25) is 0 Å². The van der Waals surface area contributed by atoms with Crippen molar-refractivity contribution in [1.82, 2.24) is 0 Å². The monoisotopic (exact) mass is 224 g/mol. The Morgan fingerprint density at radius 1 is 0.500 bits per heavy atom. The average molecular weight is 225 g/mol. The van der Waals surface area contributed by atoms with Gasteiger partial charge in [0.2, 0.25) is 0 Å². The van der Waals surface area contributed by atoms with Crippen LogP contribution in [0.15, 0.2) is 49.1 Å². The normalized spacial score (nSPS) is 39.3. The van der Waals surface area contributed by atoms with Crippen LogP contribution < -0.4 is 0 Å². The lowest BCUT2D eigenvalue weighted by Gasteiger charge is -2.43. The minimum absolute atomic E-state index is 0.489. The van der Waals surface area contributed by atoms with E-state index < -0.39 is 31.3 Å². The molecular formula is C8H16Si4. The molecule has 0 radical (unpaired) electrons. The van der Waals surface area contributed by atoms with E-state index >= 15 is 0 Å². The molecule has 0 aliphatic carbocycles. The molecule has 1 rings (SSSR count). The molecule has 0 spiro atoms. The molecule has 0 nitrogen and oxygen atoms in total. The number of rotatable bonds is 4. The summed E-state index contributed by atoms with van der Waals surface area (Å²) in [7, 11) is -1.96. The van der Waals surface area contributed by atoms with E-state index in [2.05, 4.69) is 49.1 Å². The molecule has 0 aromatic heterocycles. The lowest BCUT2D eigenvalue weighted by atomic mass is 11.3. The van der Waals surface area contributed by atoms with Crippen molar-refractivity contribution in [3.05, 3.63) is 49.1 Å².